The van der Waals surface area contributed by atoms with Gasteiger partial charge in [-0.25, -0.2) is 10.2 Å². The molecule has 0 bridgehead atoms. The van der Waals surface area contributed by atoms with Crippen LogP contribution in [0.25, 0.3) is 10.8 Å². The average Bonchev–Trinajstić information content (AvgIpc) is 2.37. The number of carbonyl (C=O) groups is 1. The standard InChI is InChI=1S/C13H13N3O2/c1-18-12-5-4-10-6-9(2-3-11(10)7-12)8-15-16-13(14)17/h2-8H,1H3,(H3,14,16,17)/b15-8+. The van der Waals surface area contributed by atoms with Crippen molar-refractivity contribution in [1.29, 1.82) is 0 Å². The summed E-state index contributed by atoms with van der Waals surface area (Å²) in [5, 5.41) is 5.85. The van der Waals surface area contributed by atoms with E-state index in [0.29, 0.717) is 0 Å². The number of hydrazone groups is 1. The van der Waals surface area contributed by atoms with Gasteiger partial charge in [0.1, 0.15) is 5.75 Å². The molecule has 0 aliphatic heterocycles. The summed E-state index contributed by atoms with van der Waals surface area (Å²) in [6, 6.07) is 10.9. The Bertz CT molecular complexity index is 608. The quantitative estimate of drug-likeness (QED) is 0.637. The van der Waals surface area contributed by atoms with Crippen LogP contribution in [-0.4, -0.2) is 19.4 Å². The van der Waals surface area contributed by atoms with Gasteiger partial charge in [-0.05, 0) is 34.5 Å². The Morgan fingerprint density at radius 1 is 1.28 bits per heavy atom. The molecule has 0 aromatic heterocycles. The van der Waals surface area contributed by atoms with Crippen molar-refractivity contribution in [3.8, 4) is 5.75 Å². The fourth-order valence-corrected chi connectivity index (χ4v) is 1.62. The Morgan fingerprint density at radius 3 is 2.72 bits per heavy atom. The zero-order valence-corrected chi connectivity index (χ0v) is 9.88. The number of amides is 2. The molecule has 0 heterocycles. The van der Waals surface area contributed by atoms with E-state index >= 15 is 0 Å². The molecule has 0 aliphatic rings. The van der Waals surface area contributed by atoms with E-state index in [4.69, 9.17) is 10.5 Å². The molecule has 5 nitrogen and oxygen atoms in total. The van der Waals surface area contributed by atoms with Crippen LogP contribution in [0.3, 0.4) is 0 Å². The van der Waals surface area contributed by atoms with E-state index in [1.54, 1.807) is 7.11 Å². The second-order valence-electron chi connectivity index (χ2n) is 3.71. The van der Waals surface area contributed by atoms with E-state index in [-0.39, 0.29) is 0 Å². The molecule has 5 heteroatoms. The van der Waals surface area contributed by atoms with Crippen molar-refractivity contribution in [3.63, 3.8) is 0 Å². The van der Waals surface area contributed by atoms with Gasteiger partial charge in [0, 0.05) is 0 Å². The minimum atomic E-state index is -0.684. The third-order valence-corrected chi connectivity index (χ3v) is 2.46. The lowest BCUT2D eigenvalue weighted by atomic mass is 10.1. The van der Waals surface area contributed by atoms with Crippen molar-refractivity contribution in [1.82, 2.24) is 5.43 Å². The Balaban J connectivity index is 2.27. The number of nitrogens with two attached hydrogens (primary N) is 1. The first kappa shape index (κ1) is 11.9. The van der Waals surface area contributed by atoms with E-state index in [2.05, 4.69) is 10.5 Å². The zero-order valence-electron chi connectivity index (χ0n) is 9.88. The van der Waals surface area contributed by atoms with Crippen molar-refractivity contribution >= 4 is 23.0 Å². The highest BCUT2D eigenvalue weighted by Gasteiger charge is 1.97. The summed E-state index contributed by atoms with van der Waals surface area (Å²) in [5.74, 6) is 0.819. The molecular formula is C13H13N3O2. The number of urea groups is 1. The van der Waals surface area contributed by atoms with Crippen LogP contribution in [0.5, 0.6) is 5.75 Å². The SMILES string of the molecule is COc1ccc2cc(/C=N/NC(N)=O)ccc2c1. The number of hydrogen-bond acceptors (Lipinski definition) is 3. The van der Waals surface area contributed by atoms with Gasteiger partial charge in [-0.3, -0.25) is 0 Å². The first-order valence-corrected chi connectivity index (χ1v) is 5.35. The number of nitrogens with one attached hydrogen (secondary N) is 1. The van der Waals surface area contributed by atoms with Gasteiger partial charge in [-0.15, -0.1) is 0 Å². The minimum Gasteiger partial charge on any atom is -0.497 e. The fraction of sp³-hybridized carbons (Fsp3) is 0.0769. The van der Waals surface area contributed by atoms with Gasteiger partial charge in [-0.1, -0.05) is 18.2 Å². The second kappa shape index (κ2) is 5.18. The predicted octanol–water partition coefficient (Wildman–Crippen LogP) is 1.85. The summed E-state index contributed by atoms with van der Waals surface area (Å²) in [7, 11) is 1.64. The van der Waals surface area contributed by atoms with E-state index in [1.807, 2.05) is 36.4 Å². The monoisotopic (exact) mass is 243 g/mol. The summed E-state index contributed by atoms with van der Waals surface area (Å²) >= 11 is 0. The number of primary amides is 1. The van der Waals surface area contributed by atoms with Gasteiger partial charge >= 0.3 is 6.03 Å². The number of ether oxygens (including phenoxy) is 1. The van der Waals surface area contributed by atoms with Crippen LogP contribution in [0.2, 0.25) is 0 Å². The van der Waals surface area contributed by atoms with E-state index in [0.717, 1.165) is 22.1 Å². The molecule has 0 aliphatic carbocycles. The van der Waals surface area contributed by atoms with Crippen LogP contribution >= 0.6 is 0 Å². The van der Waals surface area contributed by atoms with Crippen molar-refractivity contribution in [2.75, 3.05) is 7.11 Å². The number of fused-ring (bicyclic) bond motifs is 1. The lowest BCUT2D eigenvalue weighted by molar-refractivity contribution is 0.249. The molecule has 0 fully saturated rings. The van der Waals surface area contributed by atoms with Crippen LogP contribution < -0.4 is 15.9 Å². The van der Waals surface area contributed by atoms with Crippen molar-refractivity contribution in [2.24, 2.45) is 10.8 Å². The molecule has 2 rings (SSSR count). The molecule has 0 saturated heterocycles. The fourth-order valence-electron chi connectivity index (χ4n) is 1.62. The minimum absolute atomic E-state index is 0.684. The molecule has 2 aromatic carbocycles. The predicted molar refractivity (Wildman–Crippen MR) is 70.8 cm³/mol. The molecule has 0 atom stereocenters. The largest absolute Gasteiger partial charge is 0.497 e. The first-order chi connectivity index (χ1) is 8.69. The molecule has 3 N–H and O–H groups in total. The Hall–Kier alpha value is -2.56. The van der Waals surface area contributed by atoms with Gasteiger partial charge in [0.25, 0.3) is 0 Å². The maximum absolute atomic E-state index is 10.5. The second-order valence-corrected chi connectivity index (χ2v) is 3.71. The maximum atomic E-state index is 10.5. The lowest BCUT2D eigenvalue weighted by Gasteiger charge is -2.03. The molecule has 0 radical (unpaired) electrons. The number of hydrogen-bond donors (Lipinski definition) is 2. The molecule has 92 valence electrons. The van der Waals surface area contributed by atoms with Crippen LogP contribution in [-0.2, 0) is 0 Å². The molecule has 2 amide bonds. The number of nitrogens with zero attached hydrogens (tertiary/aromatic N) is 1. The number of rotatable bonds is 3. The summed E-state index contributed by atoms with van der Waals surface area (Å²) in [6.45, 7) is 0. The van der Waals surface area contributed by atoms with Gasteiger partial charge < -0.3 is 10.5 Å². The smallest absolute Gasteiger partial charge is 0.332 e. The first-order valence-electron chi connectivity index (χ1n) is 5.35. The molecule has 2 aromatic rings. The normalized spacial score (nSPS) is 10.7. The van der Waals surface area contributed by atoms with Crippen LogP contribution in [0.4, 0.5) is 4.79 Å². The topological polar surface area (TPSA) is 76.7 Å². The third-order valence-electron chi connectivity index (χ3n) is 2.46. The number of methoxy groups -OCH3 is 1. The van der Waals surface area contributed by atoms with E-state index < -0.39 is 6.03 Å². The number of benzene rings is 2. The summed E-state index contributed by atoms with van der Waals surface area (Å²) in [4.78, 5) is 10.5. The third kappa shape index (κ3) is 2.76. The van der Waals surface area contributed by atoms with Crippen LogP contribution in [0, 0.1) is 0 Å². The van der Waals surface area contributed by atoms with Crippen molar-refractivity contribution in [3.05, 3.63) is 42.0 Å². The highest BCUT2D eigenvalue weighted by atomic mass is 16.5. The van der Waals surface area contributed by atoms with E-state index in [9.17, 15) is 4.79 Å². The molecular weight excluding hydrogens is 230 g/mol. The Morgan fingerprint density at radius 2 is 2.00 bits per heavy atom. The summed E-state index contributed by atoms with van der Waals surface area (Å²) in [5.41, 5.74) is 7.93. The maximum Gasteiger partial charge on any atom is 0.332 e. The highest BCUT2D eigenvalue weighted by molar-refractivity contribution is 5.91. The van der Waals surface area contributed by atoms with Crippen molar-refractivity contribution in [2.45, 2.75) is 0 Å². The lowest BCUT2D eigenvalue weighted by Crippen LogP contribution is -2.24. The molecule has 0 spiro atoms. The molecule has 18 heavy (non-hydrogen) atoms. The van der Waals surface area contributed by atoms with Crippen molar-refractivity contribution < 1.29 is 9.53 Å². The Labute approximate surface area is 104 Å². The summed E-state index contributed by atoms with van der Waals surface area (Å²) < 4.78 is 5.16. The van der Waals surface area contributed by atoms with E-state index in [1.165, 1.54) is 6.21 Å². The van der Waals surface area contributed by atoms with Gasteiger partial charge in [0.2, 0.25) is 0 Å². The highest BCUT2D eigenvalue weighted by Crippen LogP contribution is 2.21. The number of carbonyl (C=O) groups excluding carboxylic acids is 1. The van der Waals surface area contributed by atoms with Crippen LogP contribution in [0.1, 0.15) is 5.56 Å². The van der Waals surface area contributed by atoms with Gasteiger partial charge in [-0.2, -0.15) is 5.10 Å². The van der Waals surface area contributed by atoms with Gasteiger partial charge in [0.15, 0.2) is 0 Å². The zero-order chi connectivity index (χ0) is 13.0. The molecule has 0 saturated carbocycles. The van der Waals surface area contributed by atoms with Gasteiger partial charge in [0.05, 0.1) is 13.3 Å². The van der Waals surface area contributed by atoms with Crippen LogP contribution in [0.15, 0.2) is 41.5 Å². The summed E-state index contributed by atoms with van der Waals surface area (Å²) in [6.07, 6.45) is 1.54. The Kier molecular flexibility index (Phi) is 3.43. The average molecular weight is 243 g/mol. The molecule has 0 unspecified atom stereocenters.